The lowest BCUT2D eigenvalue weighted by Gasteiger charge is -2.05. The van der Waals surface area contributed by atoms with Crippen LogP contribution in [0.25, 0.3) is 27.9 Å². The van der Waals surface area contributed by atoms with Gasteiger partial charge in [0.05, 0.1) is 22.3 Å². The number of nitrogens with two attached hydrogens (primary N) is 1. The molecule has 0 aliphatic rings. The Labute approximate surface area is 151 Å². The number of hydrogen-bond donors (Lipinski definition) is 1. The second-order valence-electron chi connectivity index (χ2n) is 6.18. The first-order chi connectivity index (χ1) is 12.4. The summed E-state index contributed by atoms with van der Waals surface area (Å²) in [5.41, 5.74) is 11.1. The standard InChI is InChI=1S/C20H17N3O2S/c1-26(24,25)17-10-7-14(8-11-17)19-18-12-9-16(21)13-23(18)22-20(19)15-5-3-2-4-6-15/h2-13H,21H2,1H3. The summed E-state index contributed by atoms with van der Waals surface area (Å²) in [5, 5.41) is 4.71. The number of pyridine rings is 1. The van der Waals surface area contributed by atoms with Crippen molar-refractivity contribution < 1.29 is 8.42 Å². The molecule has 5 nitrogen and oxygen atoms in total. The van der Waals surface area contributed by atoms with Crippen LogP contribution in [0.1, 0.15) is 0 Å². The molecule has 2 aromatic heterocycles. The Morgan fingerprint density at radius 2 is 1.58 bits per heavy atom. The van der Waals surface area contributed by atoms with E-state index in [-0.39, 0.29) is 0 Å². The maximum Gasteiger partial charge on any atom is 0.175 e. The summed E-state index contributed by atoms with van der Waals surface area (Å²) in [6, 6.07) is 20.5. The molecule has 0 bridgehead atoms. The highest BCUT2D eigenvalue weighted by atomic mass is 32.2. The number of anilines is 1. The summed E-state index contributed by atoms with van der Waals surface area (Å²) >= 11 is 0. The number of sulfone groups is 1. The van der Waals surface area contributed by atoms with E-state index in [4.69, 9.17) is 10.8 Å². The van der Waals surface area contributed by atoms with Crippen molar-refractivity contribution >= 4 is 21.0 Å². The van der Waals surface area contributed by atoms with Crippen molar-refractivity contribution in [3.05, 3.63) is 72.9 Å². The van der Waals surface area contributed by atoms with Crippen molar-refractivity contribution in [2.45, 2.75) is 4.90 Å². The summed E-state index contributed by atoms with van der Waals surface area (Å²) in [5.74, 6) is 0. The van der Waals surface area contributed by atoms with Crippen LogP contribution in [0.15, 0.2) is 77.8 Å². The minimum absolute atomic E-state index is 0.295. The molecule has 2 heterocycles. The van der Waals surface area contributed by atoms with Gasteiger partial charge in [-0.2, -0.15) is 5.10 Å². The third kappa shape index (κ3) is 2.84. The highest BCUT2D eigenvalue weighted by Gasteiger charge is 2.17. The Morgan fingerprint density at radius 3 is 2.23 bits per heavy atom. The molecular weight excluding hydrogens is 346 g/mol. The van der Waals surface area contributed by atoms with Gasteiger partial charge in [0.2, 0.25) is 0 Å². The second kappa shape index (κ2) is 6.00. The van der Waals surface area contributed by atoms with Gasteiger partial charge in [-0.25, -0.2) is 12.9 Å². The van der Waals surface area contributed by atoms with E-state index < -0.39 is 9.84 Å². The van der Waals surface area contributed by atoms with Gasteiger partial charge < -0.3 is 5.73 Å². The largest absolute Gasteiger partial charge is 0.397 e. The van der Waals surface area contributed by atoms with Gasteiger partial charge in [-0.3, -0.25) is 0 Å². The molecule has 26 heavy (non-hydrogen) atoms. The molecule has 130 valence electrons. The van der Waals surface area contributed by atoms with Crippen LogP contribution in [0.3, 0.4) is 0 Å². The van der Waals surface area contributed by atoms with E-state index in [1.54, 1.807) is 22.8 Å². The third-order valence-corrected chi connectivity index (χ3v) is 5.40. The Morgan fingerprint density at radius 1 is 0.885 bits per heavy atom. The number of hydrogen-bond acceptors (Lipinski definition) is 4. The smallest absolute Gasteiger partial charge is 0.175 e. The molecule has 6 heteroatoms. The van der Waals surface area contributed by atoms with Gasteiger partial charge in [-0.05, 0) is 29.8 Å². The zero-order valence-corrected chi connectivity index (χ0v) is 14.9. The summed E-state index contributed by atoms with van der Waals surface area (Å²) in [7, 11) is -3.24. The number of benzene rings is 2. The molecule has 2 aromatic carbocycles. The highest BCUT2D eigenvalue weighted by Crippen LogP contribution is 2.35. The number of fused-ring (bicyclic) bond motifs is 1. The quantitative estimate of drug-likeness (QED) is 0.603. The van der Waals surface area contributed by atoms with E-state index in [2.05, 4.69) is 0 Å². The van der Waals surface area contributed by atoms with Gasteiger partial charge in [0, 0.05) is 17.4 Å². The Balaban J connectivity index is 1.98. The van der Waals surface area contributed by atoms with Crippen LogP contribution in [-0.2, 0) is 9.84 Å². The fraction of sp³-hybridized carbons (Fsp3) is 0.0500. The Kier molecular flexibility index (Phi) is 3.77. The maximum absolute atomic E-state index is 11.7. The van der Waals surface area contributed by atoms with E-state index in [9.17, 15) is 8.42 Å². The molecule has 2 N–H and O–H groups in total. The summed E-state index contributed by atoms with van der Waals surface area (Å²) < 4.78 is 25.2. The molecule has 0 spiro atoms. The lowest BCUT2D eigenvalue weighted by Crippen LogP contribution is -1.96. The zero-order chi connectivity index (χ0) is 18.3. The molecule has 0 amide bonds. The van der Waals surface area contributed by atoms with Crippen LogP contribution in [0, 0.1) is 0 Å². The maximum atomic E-state index is 11.7. The molecule has 0 saturated heterocycles. The molecule has 0 atom stereocenters. The van der Waals surface area contributed by atoms with Crippen molar-refractivity contribution in [3.8, 4) is 22.4 Å². The van der Waals surface area contributed by atoms with Crippen molar-refractivity contribution in [3.63, 3.8) is 0 Å². The zero-order valence-electron chi connectivity index (χ0n) is 14.1. The molecule has 0 aliphatic heterocycles. The third-order valence-electron chi connectivity index (χ3n) is 4.27. The summed E-state index contributed by atoms with van der Waals surface area (Å²) in [4.78, 5) is 0.295. The predicted molar refractivity (Wildman–Crippen MR) is 104 cm³/mol. The first-order valence-corrected chi connectivity index (χ1v) is 9.96. The minimum Gasteiger partial charge on any atom is -0.397 e. The first kappa shape index (κ1) is 16.4. The van der Waals surface area contributed by atoms with E-state index in [0.717, 1.165) is 27.9 Å². The van der Waals surface area contributed by atoms with Crippen LogP contribution in [0.5, 0.6) is 0 Å². The normalized spacial score (nSPS) is 11.7. The lowest BCUT2D eigenvalue weighted by atomic mass is 10.00. The van der Waals surface area contributed by atoms with Gasteiger partial charge in [0.1, 0.15) is 5.69 Å². The van der Waals surface area contributed by atoms with Gasteiger partial charge in [-0.15, -0.1) is 0 Å². The average Bonchev–Trinajstić information content (AvgIpc) is 3.00. The molecule has 0 saturated carbocycles. The van der Waals surface area contributed by atoms with Crippen molar-refractivity contribution in [1.29, 1.82) is 0 Å². The minimum atomic E-state index is -3.24. The Bertz CT molecular complexity index is 1200. The molecule has 4 rings (SSSR count). The Hall–Kier alpha value is -3.12. The van der Waals surface area contributed by atoms with Crippen molar-refractivity contribution in [2.24, 2.45) is 0 Å². The monoisotopic (exact) mass is 363 g/mol. The van der Waals surface area contributed by atoms with Gasteiger partial charge in [0.15, 0.2) is 9.84 Å². The molecule has 0 radical (unpaired) electrons. The van der Waals surface area contributed by atoms with E-state index >= 15 is 0 Å². The average molecular weight is 363 g/mol. The fourth-order valence-electron chi connectivity index (χ4n) is 3.02. The van der Waals surface area contributed by atoms with Crippen molar-refractivity contribution in [1.82, 2.24) is 9.61 Å². The molecular formula is C20H17N3O2S. The van der Waals surface area contributed by atoms with Gasteiger partial charge in [-0.1, -0.05) is 42.5 Å². The molecule has 0 aliphatic carbocycles. The number of nitrogen functional groups attached to an aromatic ring is 1. The number of aromatic nitrogens is 2. The topological polar surface area (TPSA) is 77.5 Å². The van der Waals surface area contributed by atoms with E-state index in [1.807, 2.05) is 54.6 Å². The van der Waals surface area contributed by atoms with Crippen LogP contribution in [0.2, 0.25) is 0 Å². The van der Waals surface area contributed by atoms with E-state index in [0.29, 0.717) is 10.6 Å². The first-order valence-electron chi connectivity index (χ1n) is 8.07. The van der Waals surface area contributed by atoms with E-state index in [1.165, 1.54) is 6.26 Å². The van der Waals surface area contributed by atoms with Crippen LogP contribution in [0.4, 0.5) is 5.69 Å². The summed E-state index contributed by atoms with van der Waals surface area (Å²) in [6.07, 6.45) is 2.98. The van der Waals surface area contributed by atoms with Crippen LogP contribution in [-0.4, -0.2) is 24.3 Å². The molecule has 4 aromatic rings. The van der Waals surface area contributed by atoms with Crippen molar-refractivity contribution in [2.75, 3.05) is 12.0 Å². The van der Waals surface area contributed by atoms with Gasteiger partial charge >= 0.3 is 0 Å². The number of nitrogens with zero attached hydrogens (tertiary/aromatic N) is 2. The molecule has 0 fully saturated rings. The van der Waals surface area contributed by atoms with Crippen LogP contribution >= 0.6 is 0 Å². The van der Waals surface area contributed by atoms with Gasteiger partial charge in [0.25, 0.3) is 0 Å². The highest BCUT2D eigenvalue weighted by molar-refractivity contribution is 7.90. The SMILES string of the molecule is CS(=O)(=O)c1ccc(-c2c(-c3ccccc3)nn3cc(N)ccc23)cc1. The summed E-state index contributed by atoms with van der Waals surface area (Å²) in [6.45, 7) is 0. The lowest BCUT2D eigenvalue weighted by molar-refractivity contribution is 0.602. The predicted octanol–water partition coefficient (Wildman–Crippen LogP) is 3.65. The molecule has 0 unspecified atom stereocenters. The fourth-order valence-corrected chi connectivity index (χ4v) is 3.65. The second-order valence-corrected chi connectivity index (χ2v) is 8.19. The number of rotatable bonds is 3. The van der Waals surface area contributed by atoms with Crippen LogP contribution < -0.4 is 5.73 Å².